The average molecular weight is 709 g/mol. The van der Waals surface area contributed by atoms with Gasteiger partial charge in [-0.05, 0) is 0 Å². The maximum atomic E-state index is 11.6. The van der Waals surface area contributed by atoms with Gasteiger partial charge in [0.05, 0.1) is 19.8 Å². The van der Waals surface area contributed by atoms with Gasteiger partial charge in [0.1, 0.15) is 105 Å². The lowest BCUT2D eigenvalue weighted by molar-refractivity contribution is -0.421. The Morgan fingerprint density at radius 3 is 1.50 bits per heavy atom. The smallest absolute Gasteiger partial charge is 0.302 e. The van der Waals surface area contributed by atoms with Crippen molar-refractivity contribution in [1.29, 1.82) is 0 Å². The van der Waals surface area contributed by atoms with E-state index in [4.69, 9.17) is 37.9 Å². The van der Waals surface area contributed by atoms with Crippen LogP contribution < -0.4 is 0 Å². The Hall–Kier alpha value is -1.33. The number of rotatable bonds is 12. The average Bonchev–Trinajstić information content (AvgIpc) is 3.31. The number of carbonyl (C=O) groups excluding carboxylic acids is 1. The van der Waals surface area contributed by atoms with Gasteiger partial charge < -0.3 is 104 Å². The van der Waals surface area contributed by atoms with Crippen LogP contribution in [0.25, 0.3) is 0 Å². The van der Waals surface area contributed by atoms with Gasteiger partial charge in [0, 0.05) is 6.92 Å². The third-order valence-electron chi connectivity index (χ3n) is 8.57. The Balaban J connectivity index is 1.76. The first-order chi connectivity index (χ1) is 22.6. The lowest BCUT2D eigenvalue weighted by Crippen LogP contribution is -2.68. The zero-order chi connectivity index (χ0) is 35.7. The quantitative estimate of drug-likeness (QED) is 0.0837. The summed E-state index contributed by atoms with van der Waals surface area (Å²) in [6.45, 7) is -3.56. The third kappa shape index (κ3) is 7.78. The SMILES string of the molecule is CC(=O)OC[C@H]1O[C@H](O[C@]2(CO)O[C@H](CO)[C@@H](O)[C@@H]2O)[C@H](O[C@@H]2O[C@H](CO)[C@@H](O)[C@H](O)[C@H]2O)[C@@H](O[C@@H]2O[C@H](CO)[C@@H](O)[C@H](O)[C@H]2O)[C@@H]1O. The Morgan fingerprint density at radius 1 is 0.583 bits per heavy atom. The van der Waals surface area contributed by atoms with Gasteiger partial charge in [-0.3, -0.25) is 4.79 Å². The number of aliphatic hydroxyl groups excluding tert-OH is 13. The summed E-state index contributed by atoms with van der Waals surface area (Å²) >= 11 is 0. The van der Waals surface area contributed by atoms with Gasteiger partial charge in [0.2, 0.25) is 5.79 Å². The van der Waals surface area contributed by atoms with Gasteiger partial charge in [0.15, 0.2) is 18.9 Å². The molecule has 0 aromatic rings. The van der Waals surface area contributed by atoms with Crippen LogP contribution >= 0.6 is 0 Å². The van der Waals surface area contributed by atoms with E-state index in [0.29, 0.717) is 0 Å². The summed E-state index contributed by atoms with van der Waals surface area (Å²) < 4.78 is 44.4. The highest BCUT2D eigenvalue weighted by Gasteiger charge is 2.61. The number of aliphatic hydroxyl groups is 13. The molecule has 4 heterocycles. The van der Waals surface area contributed by atoms with Crippen molar-refractivity contribution in [1.82, 2.24) is 0 Å². The molecule has 0 unspecified atom stereocenters. The van der Waals surface area contributed by atoms with Crippen LogP contribution in [0.3, 0.4) is 0 Å². The molecule has 0 radical (unpaired) electrons. The van der Waals surface area contributed by atoms with E-state index in [9.17, 15) is 71.2 Å². The van der Waals surface area contributed by atoms with E-state index in [0.717, 1.165) is 6.92 Å². The van der Waals surface area contributed by atoms with Gasteiger partial charge in [-0.2, -0.15) is 0 Å². The normalized spacial score (nSPS) is 50.0. The van der Waals surface area contributed by atoms with Crippen molar-refractivity contribution in [3.8, 4) is 0 Å². The molecule has 0 saturated carbocycles. The number of hydrogen-bond donors (Lipinski definition) is 13. The van der Waals surface area contributed by atoms with Crippen LogP contribution in [0.2, 0.25) is 0 Å². The summed E-state index contributed by atoms with van der Waals surface area (Å²) in [5.74, 6) is -3.44. The van der Waals surface area contributed by atoms with Crippen LogP contribution in [0, 0.1) is 0 Å². The van der Waals surface area contributed by atoms with Crippen LogP contribution in [-0.2, 0) is 42.7 Å². The highest BCUT2D eigenvalue weighted by molar-refractivity contribution is 5.65. The zero-order valence-corrected chi connectivity index (χ0v) is 25.4. The largest absolute Gasteiger partial charge is 0.463 e. The minimum absolute atomic E-state index is 0.727. The Labute approximate surface area is 271 Å². The fraction of sp³-hybridized carbons (Fsp3) is 0.962. The molecule has 4 aliphatic heterocycles. The molecule has 0 aliphatic carbocycles. The van der Waals surface area contributed by atoms with Crippen molar-refractivity contribution in [2.75, 3.05) is 33.0 Å². The van der Waals surface area contributed by atoms with Crippen molar-refractivity contribution in [2.45, 2.75) is 123 Å². The van der Waals surface area contributed by atoms with Crippen LogP contribution in [0.1, 0.15) is 6.92 Å². The summed E-state index contributed by atoms with van der Waals surface area (Å²) in [6.07, 6.45) is -33.9. The lowest BCUT2D eigenvalue weighted by atomic mass is 9.95. The predicted molar refractivity (Wildman–Crippen MR) is 143 cm³/mol. The molecule has 0 bridgehead atoms. The number of carbonyl (C=O) groups is 1. The molecular formula is C26H44O22. The highest BCUT2D eigenvalue weighted by atomic mass is 16.8. The van der Waals surface area contributed by atoms with Gasteiger partial charge in [-0.25, -0.2) is 0 Å². The maximum absolute atomic E-state index is 11.6. The molecule has 4 fully saturated rings. The van der Waals surface area contributed by atoms with Gasteiger partial charge in [0.25, 0.3) is 0 Å². The van der Waals surface area contributed by atoms with E-state index in [-0.39, 0.29) is 0 Å². The predicted octanol–water partition coefficient (Wildman–Crippen LogP) is -9.18. The van der Waals surface area contributed by atoms with Crippen LogP contribution in [-0.4, -0.2) is 222 Å². The first kappa shape index (κ1) is 39.5. The van der Waals surface area contributed by atoms with E-state index in [1.807, 2.05) is 0 Å². The van der Waals surface area contributed by atoms with Crippen LogP contribution in [0.5, 0.6) is 0 Å². The molecule has 0 aromatic heterocycles. The van der Waals surface area contributed by atoms with E-state index in [2.05, 4.69) is 0 Å². The summed E-state index contributed by atoms with van der Waals surface area (Å²) in [5, 5.41) is 134. The molecule has 13 N–H and O–H groups in total. The fourth-order valence-corrected chi connectivity index (χ4v) is 5.76. The lowest BCUT2D eigenvalue weighted by Gasteiger charge is -2.50. The summed E-state index contributed by atoms with van der Waals surface area (Å²) in [5.41, 5.74) is 0. The minimum atomic E-state index is -2.60. The molecule has 280 valence electrons. The second-order valence-electron chi connectivity index (χ2n) is 11.8. The molecule has 0 aromatic carbocycles. The molecular weight excluding hydrogens is 664 g/mol. The number of ether oxygens (including phenoxy) is 8. The van der Waals surface area contributed by atoms with Crippen molar-refractivity contribution in [3.05, 3.63) is 0 Å². The first-order valence-electron chi connectivity index (χ1n) is 15.0. The van der Waals surface area contributed by atoms with E-state index in [1.54, 1.807) is 0 Å². The van der Waals surface area contributed by atoms with E-state index < -0.39 is 155 Å². The van der Waals surface area contributed by atoms with E-state index >= 15 is 0 Å². The Kier molecular flexibility index (Phi) is 13.4. The van der Waals surface area contributed by atoms with Crippen molar-refractivity contribution >= 4 is 5.97 Å². The van der Waals surface area contributed by atoms with Crippen molar-refractivity contribution in [3.63, 3.8) is 0 Å². The van der Waals surface area contributed by atoms with Crippen molar-refractivity contribution < 1.29 is 109 Å². The monoisotopic (exact) mass is 708 g/mol. The Morgan fingerprint density at radius 2 is 1.06 bits per heavy atom. The molecule has 0 spiro atoms. The highest BCUT2D eigenvalue weighted by Crippen LogP contribution is 2.39. The summed E-state index contributed by atoms with van der Waals surface area (Å²) in [6, 6.07) is 0. The Bertz CT molecular complexity index is 1040. The fourth-order valence-electron chi connectivity index (χ4n) is 5.76. The molecule has 22 nitrogen and oxygen atoms in total. The second-order valence-corrected chi connectivity index (χ2v) is 11.8. The van der Waals surface area contributed by atoms with Crippen molar-refractivity contribution in [2.24, 2.45) is 0 Å². The molecule has 4 rings (SSSR count). The third-order valence-corrected chi connectivity index (χ3v) is 8.57. The maximum Gasteiger partial charge on any atom is 0.302 e. The number of hydrogen-bond acceptors (Lipinski definition) is 22. The molecule has 4 aliphatic rings. The van der Waals surface area contributed by atoms with Gasteiger partial charge >= 0.3 is 5.97 Å². The van der Waals surface area contributed by atoms with Gasteiger partial charge in [-0.15, -0.1) is 0 Å². The second kappa shape index (κ2) is 16.3. The summed E-state index contributed by atoms with van der Waals surface area (Å²) in [4.78, 5) is 11.6. The zero-order valence-electron chi connectivity index (χ0n) is 25.4. The standard InChI is InChI=1S/C26H44O22/c1-7(31)41-5-11-14(34)20(45-23-18(38)16(36)12(32)8(2-27)42-23)21(46-24-19(39)17(37)13(33)9(3-28)43-24)25(44-11)48-26(6-30)22(40)15(35)10(4-29)47-26/h8-25,27-30,32-40H,2-6H2,1H3/t8-,9-,10-,11-,12-,13-,14-,15-,16+,17+,18-,19-,20+,21-,22+,23+,24+,25-,26+/m1/s1. The molecule has 19 atom stereocenters. The van der Waals surface area contributed by atoms with Crippen LogP contribution in [0.15, 0.2) is 0 Å². The number of esters is 1. The molecule has 48 heavy (non-hydrogen) atoms. The van der Waals surface area contributed by atoms with E-state index in [1.165, 1.54) is 0 Å². The molecule has 0 amide bonds. The minimum Gasteiger partial charge on any atom is -0.463 e. The molecule has 22 heteroatoms. The van der Waals surface area contributed by atoms with Crippen LogP contribution in [0.4, 0.5) is 0 Å². The first-order valence-corrected chi connectivity index (χ1v) is 15.0. The molecule has 4 saturated heterocycles. The summed E-state index contributed by atoms with van der Waals surface area (Å²) in [7, 11) is 0. The van der Waals surface area contributed by atoms with Gasteiger partial charge in [-0.1, -0.05) is 0 Å². The topological polar surface area (TPSA) is 354 Å².